The van der Waals surface area contributed by atoms with Gasteiger partial charge in [0.1, 0.15) is 0 Å². The molecule has 0 radical (unpaired) electrons. The lowest BCUT2D eigenvalue weighted by molar-refractivity contribution is -0.920. The lowest BCUT2D eigenvalue weighted by Crippen LogP contribution is -3.00. The third-order valence-corrected chi connectivity index (χ3v) is 5.20. The van der Waals surface area contributed by atoms with Gasteiger partial charge in [0, 0.05) is 17.5 Å². The van der Waals surface area contributed by atoms with Crippen LogP contribution in [0.4, 0.5) is 0 Å². The van der Waals surface area contributed by atoms with Gasteiger partial charge in [0.15, 0.2) is 5.54 Å². The Kier molecular flexibility index (Phi) is 8.72. The van der Waals surface area contributed by atoms with Gasteiger partial charge < -0.3 is 21.5 Å². The van der Waals surface area contributed by atoms with Crippen molar-refractivity contribution >= 4 is 5.78 Å². The molecule has 1 atom stereocenters. The maximum Gasteiger partial charge on any atom is 0.227 e. The third-order valence-electron chi connectivity index (χ3n) is 5.20. The van der Waals surface area contributed by atoms with Gasteiger partial charge in [0.05, 0.1) is 21.1 Å². The van der Waals surface area contributed by atoms with E-state index < -0.39 is 5.54 Å². The normalized spacial score (nSPS) is 13.5. The fraction of sp³-hybridized carbons (Fsp3) is 0.435. The Morgan fingerprint density at radius 1 is 0.846 bits per heavy atom. The van der Waals surface area contributed by atoms with Crippen molar-refractivity contribution in [1.29, 1.82) is 0 Å². The Morgan fingerprint density at radius 3 is 1.88 bits per heavy atom. The van der Waals surface area contributed by atoms with Crippen molar-refractivity contribution in [3.8, 4) is 0 Å². The molecule has 2 rings (SSSR count). The zero-order valence-electron chi connectivity index (χ0n) is 16.5. The maximum absolute atomic E-state index is 13.8. The molecule has 0 bridgehead atoms. The van der Waals surface area contributed by atoms with Crippen molar-refractivity contribution in [2.45, 2.75) is 44.6 Å². The van der Waals surface area contributed by atoms with Gasteiger partial charge in [-0.25, -0.2) is 0 Å². The van der Waals surface area contributed by atoms with Gasteiger partial charge in [-0.3, -0.25) is 4.79 Å². The van der Waals surface area contributed by atoms with E-state index >= 15 is 0 Å². The van der Waals surface area contributed by atoms with E-state index in [1.54, 1.807) is 0 Å². The monoisotopic (exact) mass is 417 g/mol. The van der Waals surface area contributed by atoms with Gasteiger partial charge in [-0.05, 0) is 6.42 Å². The number of unbranched alkanes of at least 4 members (excludes halogenated alkanes) is 3. The molecular weight excluding hydrogens is 386 g/mol. The van der Waals surface area contributed by atoms with E-state index in [1.807, 2.05) is 48.5 Å². The van der Waals surface area contributed by atoms with Gasteiger partial charge in [0.2, 0.25) is 5.78 Å². The first-order valence-corrected chi connectivity index (χ1v) is 9.40. The minimum atomic E-state index is -0.559. The number of ketones is 1. The van der Waals surface area contributed by atoms with Crippen LogP contribution in [0.25, 0.3) is 0 Å². The summed E-state index contributed by atoms with van der Waals surface area (Å²) >= 11 is 0. The second kappa shape index (κ2) is 10.0. The quantitative estimate of drug-likeness (QED) is 0.347. The second-order valence-corrected chi connectivity index (χ2v) is 7.74. The number of hydrogen-bond acceptors (Lipinski definition) is 1. The summed E-state index contributed by atoms with van der Waals surface area (Å²) in [5.74, 6) is 0.225. The van der Waals surface area contributed by atoms with Crippen LogP contribution in [0.1, 0.15) is 54.9 Å². The third kappa shape index (κ3) is 4.83. The molecule has 2 aromatic carbocycles. The Morgan fingerprint density at radius 2 is 1.38 bits per heavy atom. The number of carbonyl (C=O) groups is 1. The molecule has 26 heavy (non-hydrogen) atoms. The van der Waals surface area contributed by atoms with Crippen LogP contribution in [0, 0.1) is 0 Å². The first kappa shape index (κ1) is 22.6. The summed E-state index contributed by atoms with van der Waals surface area (Å²) in [5, 5.41) is 0. The first-order valence-electron chi connectivity index (χ1n) is 9.40. The number of rotatable bonds is 9. The highest BCUT2D eigenvalue weighted by Gasteiger charge is 2.51. The highest BCUT2D eigenvalue weighted by Crippen LogP contribution is 2.39. The molecule has 0 amide bonds. The predicted octanol–water partition coefficient (Wildman–Crippen LogP) is 2.45. The van der Waals surface area contributed by atoms with Crippen molar-refractivity contribution in [3.05, 3.63) is 71.8 Å². The number of quaternary nitrogens is 1. The SMILES string of the molecule is CCCCCCC(C(=O)c1ccccc1)(c1ccccc1)[N+](C)(C)C.[Br-]. The van der Waals surface area contributed by atoms with Crippen molar-refractivity contribution in [1.82, 2.24) is 0 Å². The summed E-state index contributed by atoms with van der Waals surface area (Å²) < 4.78 is 0.594. The van der Waals surface area contributed by atoms with E-state index in [9.17, 15) is 4.79 Å². The smallest absolute Gasteiger partial charge is 0.227 e. The number of Topliss-reactive ketones (excluding diaryl/α,β-unsaturated/α-hetero) is 1. The standard InChI is InChI=1S/C23H32NO.BrH/c1-5-6-7-14-19-23(24(2,3)4,21-17-12-9-13-18-21)22(25)20-15-10-8-11-16-20;/h8-13,15-18H,5-7,14,19H2,1-4H3;1H/q+1;/p-1. The predicted molar refractivity (Wildman–Crippen MR) is 106 cm³/mol. The summed E-state index contributed by atoms with van der Waals surface area (Å²) in [6.45, 7) is 2.22. The highest BCUT2D eigenvalue weighted by atomic mass is 79.9. The van der Waals surface area contributed by atoms with Crippen LogP contribution in [-0.4, -0.2) is 31.4 Å². The van der Waals surface area contributed by atoms with Crippen LogP contribution < -0.4 is 17.0 Å². The minimum Gasteiger partial charge on any atom is -1.00 e. The van der Waals surface area contributed by atoms with Crippen molar-refractivity contribution in [3.63, 3.8) is 0 Å². The van der Waals surface area contributed by atoms with Crippen molar-refractivity contribution < 1.29 is 26.3 Å². The molecule has 0 fully saturated rings. The highest BCUT2D eigenvalue weighted by molar-refractivity contribution is 6.03. The molecule has 0 N–H and O–H groups in total. The fourth-order valence-corrected chi connectivity index (χ4v) is 3.77. The summed E-state index contributed by atoms with van der Waals surface area (Å²) in [7, 11) is 6.44. The Bertz CT molecular complexity index is 664. The van der Waals surface area contributed by atoms with Crippen LogP contribution in [0.3, 0.4) is 0 Å². The summed E-state index contributed by atoms with van der Waals surface area (Å²) in [4.78, 5) is 13.8. The average molecular weight is 418 g/mol. The topological polar surface area (TPSA) is 17.1 Å². The van der Waals surface area contributed by atoms with Gasteiger partial charge in [-0.15, -0.1) is 0 Å². The van der Waals surface area contributed by atoms with Gasteiger partial charge in [-0.1, -0.05) is 86.8 Å². The molecule has 0 aromatic heterocycles. The zero-order valence-corrected chi connectivity index (χ0v) is 18.1. The van der Waals surface area contributed by atoms with E-state index in [0.29, 0.717) is 4.48 Å². The van der Waals surface area contributed by atoms with Crippen LogP contribution in [0.15, 0.2) is 60.7 Å². The van der Waals surface area contributed by atoms with E-state index in [0.717, 1.165) is 24.0 Å². The molecule has 2 aromatic rings. The van der Waals surface area contributed by atoms with Crippen molar-refractivity contribution in [2.24, 2.45) is 0 Å². The van der Waals surface area contributed by atoms with E-state index in [2.05, 4.69) is 40.2 Å². The molecule has 0 saturated carbocycles. The van der Waals surface area contributed by atoms with Crippen molar-refractivity contribution in [2.75, 3.05) is 21.1 Å². The number of halogens is 1. The fourth-order valence-electron chi connectivity index (χ4n) is 3.77. The van der Waals surface area contributed by atoms with E-state index in [4.69, 9.17) is 0 Å². The molecule has 0 heterocycles. The van der Waals surface area contributed by atoms with Crippen LogP contribution >= 0.6 is 0 Å². The van der Waals surface area contributed by atoms with Gasteiger partial charge >= 0.3 is 0 Å². The number of likely N-dealkylation sites (N-methyl/N-ethyl adjacent to an activating group) is 1. The van der Waals surface area contributed by atoms with Gasteiger partial charge in [-0.2, -0.15) is 0 Å². The molecule has 0 aliphatic rings. The number of carbonyl (C=O) groups excluding carboxylic acids is 1. The molecular formula is C23H32BrNO. The van der Waals surface area contributed by atoms with Crippen LogP contribution in [0.5, 0.6) is 0 Å². The summed E-state index contributed by atoms with van der Waals surface area (Å²) in [5.41, 5.74) is 1.36. The summed E-state index contributed by atoms with van der Waals surface area (Å²) in [6, 6.07) is 20.1. The molecule has 0 aliphatic heterocycles. The Balaban J connectivity index is 0.00000338. The largest absolute Gasteiger partial charge is 1.00 e. The van der Waals surface area contributed by atoms with Crippen LogP contribution in [0.2, 0.25) is 0 Å². The second-order valence-electron chi connectivity index (χ2n) is 7.74. The maximum atomic E-state index is 13.8. The van der Waals surface area contributed by atoms with E-state index in [1.165, 1.54) is 19.3 Å². The minimum absolute atomic E-state index is 0. The Labute approximate surface area is 169 Å². The van der Waals surface area contributed by atoms with Gasteiger partial charge in [0.25, 0.3) is 0 Å². The molecule has 2 nitrogen and oxygen atoms in total. The van der Waals surface area contributed by atoms with E-state index in [-0.39, 0.29) is 22.8 Å². The lowest BCUT2D eigenvalue weighted by Gasteiger charge is -2.45. The molecule has 0 saturated heterocycles. The number of nitrogens with zero attached hydrogens (tertiary/aromatic N) is 1. The zero-order chi connectivity index (χ0) is 18.3. The number of hydrogen-bond donors (Lipinski definition) is 0. The molecule has 0 spiro atoms. The summed E-state index contributed by atoms with van der Waals surface area (Å²) in [6.07, 6.45) is 5.54. The van der Waals surface area contributed by atoms with Crippen LogP contribution in [-0.2, 0) is 5.54 Å². The number of benzene rings is 2. The Hall–Kier alpha value is -1.45. The first-order chi connectivity index (χ1) is 11.9. The molecule has 3 heteroatoms. The molecule has 0 aliphatic carbocycles. The molecule has 1 unspecified atom stereocenters. The lowest BCUT2D eigenvalue weighted by atomic mass is 9.76. The average Bonchev–Trinajstić information content (AvgIpc) is 2.62. The molecule has 142 valence electrons.